The molecule has 0 saturated carbocycles. The standard InChI is InChI=1S/C18H23NO/c1-4-6-14-7-5-8-15(12-14)18(19)16-10-9-13(2)11-17(16)20-3/h5,7-12,18H,4,6,19H2,1-3H3. The van der Waals surface area contributed by atoms with E-state index in [0.717, 1.165) is 29.7 Å². The first kappa shape index (κ1) is 14.6. The Bertz CT molecular complexity index is 577. The fourth-order valence-corrected chi connectivity index (χ4v) is 2.49. The fraction of sp³-hybridized carbons (Fsp3) is 0.333. The monoisotopic (exact) mass is 269 g/mol. The summed E-state index contributed by atoms with van der Waals surface area (Å²) in [4.78, 5) is 0. The average molecular weight is 269 g/mol. The van der Waals surface area contributed by atoms with E-state index < -0.39 is 0 Å². The van der Waals surface area contributed by atoms with Crippen molar-refractivity contribution in [3.05, 3.63) is 64.7 Å². The lowest BCUT2D eigenvalue weighted by Crippen LogP contribution is -2.13. The van der Waals surface area contributed by atoms with Crippen molar-refractivity contribution < 1.29 is 4.74 Å². The fourth-order valence-electron chi connectivity index (χ4n) is 2.49. The molecule has 0 heterocycles. The molecule has 2 rings (SSSR count). The zero-order chi connectivity index (χ0) is 14.5. The van der Waals surface area contributed by atoms with E-state index in [1.165, 1.54) is 11.1 Å². The van der Waals surface area contributed by atoms with Gasteiger partial charge < -0.3 is 10.5 Å². The second kappa shape index (κ2) is 6.58. The molecule has 0 amide bonds. The van der Waals surface area contributed by atoms with E-state index in [1.807, 2.05) is 6.07 Å². The SMILES string of the molecule is CCCc1cccc(C(N)c2ccc(C)cc2OC)c1. The lowest BCUT2D eigenvalue weighted by molar-refractivity contribution is 0.407. The number of ether oxygens (including phenoxy) is 1. The molecule has 2 N–H and O–H groups in total. The Morgan fingerprint density at radius 1 is 1.15 bits per heavy atom. The van der Waals surface area contributed by atoms with Gasteiger partial charge in [0.25, 0.3) is 0 Å². The molecular weight excluding hydrogens is 246 g/mol. The van der Waals surface area contributed by atoms with Crippen LogP contribution in [0.1, 0.15) is 41.6 Å². The molecule has 106 valence electrons. The summed E-state index contributed by atoms with van der Waals surface area (Å²) in [5, 5.41) is 0. The molecule has 1 unspecified atom stereocenters. The molecule has 2 aromatic rings. The summed E-state index contributed by atoms with van der Waals surface area (Å²) in [6.07, 6.45) is 2.23. The van der Waals surface area contributed by atoms with Crippen LogP contribution in [0.2, 0.25) is 0 Å². The van der Waals surface area contributed by atoms with Crippen LogP contribution in [0.15, 0.2) is 42.5 Å². The number of hydrogen-bond donors (Lipinski definition) is 1. The first-order valence-electron chi connectivity index (χ1n) is 7.14. The Labute approximate surface area is 121 Å². The molecule has 0 fully saturated rings. The third kappa shape index (κ3) is 3.20. The maximum atomic E-state index is 6.43. The van der Waals surface area contributed by atoms with Crippen LogP contribution in [0.5, 0.6) is 5.75 Å². The summed E-state index contributed by atoms with van der Waals surface area (Å²) in [5.74, 6) is 0.860. The molecule has 20 heavy (non-hydrogen) atoms. The van der Waals surface area contributed by atoms with E-state index in [4.69, 9.17) is 10.5 Å². The van der Waals surface area contributed by atoms with Crippen molar-refractivity contribution in [2.24, 2.45) is 5.73 Å². The number of hydrogen-bond acceptors (Lipinski definition) is 2. The van der Waals surface area contributed by atoms with Crippen molar-refractivity contribution in [2.45, 2.75) is 32.7 Å². The maximum absolute atomic E-state index is 6.43. The molecule has 0 spiro atoms. The molecule has 0 aromatic heterocycles. The highest BCUT2D eigenvalue weighted by Crippen LogP contribution is 2.29. The summed E-state index contributed by atoms with van der Waals surface area (Å²) in [6.45, 7) is 4.25. The highest BCUT2D eigenvalue weighted by molar-refractivity contribution is 5.44. The van der Waals surface area contributed by atoms with Crippen LogP contribution in [0.3, 0.4) is 0 Å². The molecule has 2 nitrogen and oxygen atoms in total. The van der Waals surface area contributed by atoms with E-state index in [0.29, 0.717) is 0 Å². The van der Waals surface area contributed by atoms with Gasteiger partial charge in [-0.25, -0.2) is 0 Å². The first-order valence-corrected chi connectivity index (χ1v) is 7.14. The number of benzene rings is 2. The Morgan fingerprint density at radius 3 is 2.65 bits per heavy atom. The molecule has 0 radical (unpaired) electrons. The van der Waals surface area contributed by atoms with Gasteiger partial charge in [-0.3, -0.25) is 0 Å². The summed E-state index contributed by atoms with van der Waals surface area (Å²) in [5.41, 5.74) is 11.1. The van der Waals surface area contributed by atoms with Gasteiger partial charge in [-0.1, -0.05) is 49.7 Å². The second-order valence-electron chi connectivity index (χ2n) is 5.22. The lowest BCUT2D eigenvalue weighted by Gasteiger charge is -2.17. The Balaban J connectivity index is 2.35. The van der Waals surface area contributed by atoms with Gasteiger partial charge >= 0.3 is 0 Å². The minimum absolute atomic E-state index is 0.151. The highest BCUT2D eigenvalue weighted by Gasteiger charge is 2.14. The normalized spacial score (nSPS) is 12.2. The van der Waals surface area contributed by atoms with Crippen molar-refractivity contribution in [1.29, 1.82) is 0 Å². The van der Waals surface area contributed by atoms with E-state index in [9.17, 15) is 0 Å². The van der Waals surface area contributed by atoms with Crippen molar-refractivity contribution in [3.8, 4) is 5.75 Å². The van der Waals surface area contributed by atoms with Gasteiger partial charge in [-0.15, -0.1) is 0 Å². The molecule has 2 heteroatoms. The first-order chi connectivity index (χ1) is 9.65. The Morgan fingerprint density at radius 2 is 1.95 bits per heavy atom. The molecule has 2 aromatic carbocycles. The van der Waals surface area contributed by atoms with Crippen LogP contribution < -0.4 is 10.5 Å². The summed E-state index contributed by atoms with van der Waals surface area (Å²) in [7, 11) is 1.69. The predicted molar refractivity (Wildman–Crippen MR) is 84.2 cm³/mol. The zero-order valence-electron chi connectivity index (χ0n) is 12.5. The molecule has 1 atom stereocenters. The summed E-state index contributed by atoms with van der Waals surface area (Å²) in [6, 6.07) is 14.6. The van der Waals surface area contributed by atoms with E-state index in [1.54, 1.807) is 7.11 Å². The average Bonchev–Trinajstić information content (AvgIpc) is 2.47. The van der Waals surface area contributed by atoms with Gasteiger partial charge in [0.2, 0.25) is 0 Å². The van der Waals surface area contributed by atoms with Gasteiger partial charge in [-0.05, 0) is 36.1 Å². The minimum Gasteiger partial charge on any atom is -0.496 e. The molecule has 0 saturated heterocycles. The number of aryl methyl sites for hydroxylation is 2. The van der Waals surface area contributed by atoms with E-state index in [-0.39, 0.29) is 6.04 Å². The summed E-state index contributed by atoms with van der Waals surface area (Å²) >= 11 is 0. The van der Waals surface area contributed by atoms with Crippen molar-refractivity contribution >= 4 is 0 Å². The third-order valence-electron chi connectivity index (χ3n) is 3.57. The molecule has 0 aliphatic heterocycles. The quantitative estimate of drug-likeness (QED) is 0.890. The molecular formula is C18H23NO. The molecule has 0 aliphatic carbocycles. The van der Waals surface area contributed by atoms with Crippen molar-refractivity contribution in [3.63, 3.8) is 0 Å². The second-order valence-corrected chi connectivity index (χ2v) is 5.22. The molecule has 0 aliphatic rings. The number of methoxy groups -OCH3 is 1. The predicted octanol–water partition coefficient (Wildman–Crippen LogP) is 4.00. The van der Waals surface area contributed by atoms with Crippen molar-refractivity contribution in [2.75, 3.05) is 7.11 Å². The van der Waals surface area contributed by atoms with Crippen LogP contribution in [0.25, 0.3) is 0 Å². The summed E-state index contributed by atoms with van der Waals surface area (Å²) < 4.78 is 5.47. The van der Waals surface area contributed by atoms with Crippen molar-refractivity contribution in [1.82, 2.24) is 0 Å². The van der Waals surface area contributed by atoms with Gasteiger partial charge in [-0.2, -0.15) is 0 Å². The van der Waals surface area contributed by atoms with Crippen LogP contribution in [-0.2, 0) is 6.42 Å². The van der Waals surface area contributed by atoms with Crippen LogP contribution >= 0.6 is 0 Å². The topological polar surface area (TPSA) is 35.2 Å². The lowest BCUT2D eigenvalue weighted by atomic mass is 9.95. The highest BCUT2D eigenvalue weighted by atomic mass is 16.5. The van der Waals surface area contributed by atoms with Gasteiger partial charge in [0, 0.05) is 5.56 Å². The zero-order valence-corrected chi connectivity index (χ0v) is 12.5. The van der Waals surface area contributed by atoms with Crippen LogP contribution in [0.4, 0.5) is 0 Å². The largest absolute Gasteiger partial charge is 0.496 e. The van der Waals surface area contributed by atoms with Gasteiger partial charge in [0.1, 0.15) is 5.75 Å². The minimum atomic E-state index is -0.151. The smallest absolute Gasteiger partial charge is 0.124 e. The van der Waals surface area contributed by atoms with Crippen LogP contribution in [0, 0.1) is 6.92 Å². The van der Waals surface area contributed by atoms with E-state index >= 15 is 0 Å². The van der Waals surface area contributed by atoms with Crippen LogP contribution in [-0.4, -0.2) is 7.11 Å². The Kier molecular flexibility index (Phi) is 4.80. The Hall–Kier alpha value is -1.80. The van der Waals surface area contributed by atoms with Gasteiger partial charge in [0.05, 0.1) is 13.2 Å². The number of rotatable bonds is 5. The number of nitrogens with two attached hydrogens (primary N) is 1. The molecule has 0 bridgehead atoms. The maximum Gasteiger partial charge on any atom is 0.124 e. The van der Waals surface area contributed by atoms with Gasteiger partial charge in [0.15, 0.2) is 0 Å². The van der Waals surface area contributed by atoms with E-state index in [2.05, 4.69) is 50.2 Å². The third-order valence-corrected chi connectivity index (χ3v) is 3.57.